The molecule has 0 aliphatic carbocycles. The van der Waals surface area contributed by atoms with Gasteiger partial charge in [0.15, 0.2) is 0 Å². The maximum atomic E-state index is 13.8. The SMILES string of the molecule is CN1CCC(N2CCN(C(=O)[C@@H](c3ccccc3)n3ccc4ccccc43)CC2)CC1. The molecule has 5 nitrogen and oxygen atoms in total. The van der Waals surface area contributed by atoms with Crippen LogP contribution in [0.25, 0.3) is 10.9 Å². The summed E-state index contributed by atoms with van der Waals surface area (Å²) < 4.78 is 2.15. The molecular formula is C26H32N4O. The Morgan fingerprint density at radius 3 is 2.26 bits per heavy atom. The van der Waals surface area contributed by atoms with Crippen molar-refractivity contribution in [1.82, 2.24) is 19.3 Å². The molecule has 31 heavy (non-hydrogen) atoms. The largest absolute Gasteiger partial charge is 0.338 e. The van der Waals surface area contributed by atoms with E-state index in [9.17, 15) is 4.79 Å². The van der Waals surface area contributed by atoms with E-state index < -0.39 is 0 Å². The zero-order chi connectivity index (χ0) is 21.2. The smallest absolute Gasteiger partial charge is 0.250 e. The summed E-state index contributed by atoms with van der Waals surface area (Å²) in [5.74, 6) is 0.204. The van der Waals surface area contributed by atoms with Crippen molar-refractivity contribution in [2.24, 2.45) is 0 Å². The molecule has 0 N–H and O–H groups in total. The van der Waals surface area contributed by atoms with Gasteiger partial charge in [-0.15, -0.1) is 0 Å². The predicted molar refractivity (Wildman–Crippen MR) is 125 cm³/mol. The molecule has 5 heteroatoms. The molecule has 1 aromatic heterocycles. The van der Waals surface area contributed by atoms with Gasteiger partial charge in [0.25, 0.3) is 0 Å². The molecule has 2 fully saturated rings. The van der Waals surface area contributed by atoms with Crippen LogP contribution in [0.2, 0.25) is 0 Å². The number of para-hydroxylation sites is 1. The predicted octanol–water partition coefficient (Wildman–Crippen LogP) is 3.47. The molecule has 1 atom stereocenters. The summed E-state index contributed by atoms with van der Waals surface area (Å²) in [6.45, 7) is 5.95. The third-order valence-corrected chi connectivity index (χ3v) is 7.09. The Labute approximate surface area is 184 Å². The molecular weight excluding hydrogens is 384 g/mol. The van der Waals surface area contributed by atoms with Crippen LogP contribution in [0.1, 0.15) is 24.4 Å². The van der Waals surface area contributed by atoms with Crippen molar-refractivity contribution >= 4 is 16.8 Å². The monoisotopic (exact) mass is 416 g/mol. The topological polar surface area (TPSA) is 31.7 Å². The molecule has 0 spiro atoms. The van der Waals surface area contributed by atoms with E-state index in [-0.39, 0.29) is 11.9 Å². The number of aromatic nitrogens is 1. The molecule has 0 radical (unpaired) electrons. The van der Waals surface area contributed by atoms with E-state index >= 15 is 0 Å². The highest BCUT2D eigenvalue weighted by molar-refractivity contribution is 5.88. The van der Waals surface area contributed by atoms with E-state index in [1.807, 2.05) is 30.3 Å². The van der Waals surface area contributed by atoms with Crippen molar-refractivity contribution in [1.29, 1.82) is 0 Å². The summed E-state index contributed by atoms with van der Waals surface area (Å²) in [5.41, 5.74) is 2.15. The van der Waals surface area contributed by atoms with E-state index in [1.54, 1.807) is 0 Å². The third kappa shape index (κ3) is 4.12. The number of amides is 1. The van der Waals surface area contributed by atoms with Crippen molar-refractivity contribution in [2.75, 3.05) is 46.3 Å². The standard InChI is InChI=1S/C26H32N4O/c1-27-14-12-23(13-15-27)28-17-19-29(20-18-28)26(31)25(22-8-3-2-4-9-22)30-16-11-21-7-5-6-10-24(21)30/h2-11,16,23,25H,12-15,17-20H2,1H3/t25-/m1/s1. The zero-order valence-electron chi connectivity index (χ0n) is 18.4. The molecule has 2 saturated heterocycles. The molecule has 2 aliphatic heterocycles. The van der Waals surface area contributed by atoms with Crippen LogP contribution in [-0.4, -0.2) is 77.5 Å². The molecule has 2 aromatic carbocycles. The van der Waals surface area contributed by atoms with E-state index in [0.717, 1.165) is 37.3 Å². The summed E-state index contributed by atoms with van der Waals surface area (Å²) in [6, 6.07) is 21.0. The van der Waals surface area contributed by atoms with E-state index in [2.05, 4.69) is 62.8 Å². The number of benzene rings is 2. The summed E-state index contributed by atoms with van der Waals surface area (Å²) in [7, 11) is 2.21. The molecule has 0 bridgehead atoms. The van der Waals surface area contributed by atoms with Crippen LogP contribution in [-0.2, 0) is 4.79 Å². The van der Waals surface area contributed by atoms with Gasteiger partial charge in [-0.25, -0.2) is 0 Å². The Morgan fingerprint density at radius 1 is 0.839 bits per heavy atom. The lowest BCUT2D eigenvalue weighted by atomic mass is 10.0. The number of hydrogen-bond donors (Lipinski definition) is 0. The highest BCUT2D eigenvalue weighted by atomic mass is 16.2. The van der Waals surface area contributed by atoms with Gasteiger partial charge in [-0.05, 0) is 56.1 Å². The second kappa shape index (κ2) is 8.85. The van der Waals surface area contributed by atoms with Crippen molar-refractivity contribution in [3.8, 4) is 0 Å². The second-order valence-electron chi connectivity index (χ2n) is 8.99. The third-order valence-electron chi connectivity index (χ3n) is 7.09. The Bertz CT molecular complexity index is 1010. The van der Waals surface area contributed by atoms with Crippen LogP contribution < -0.4 is 0 Å². The summed E-state index contributed by atoms with van der Waals surface area (Å²) in [6.07, 6.45) is 4.55. The second-order valence-corrected chi connectivity index (χ2v) is 8.99. The van der Waals surface area contributed by atoms with Gasteiger partial charge in [0.1, 0.15) is 6.04 Å². The summed E-state index contributed by atoms with van der Waals surface area (Å²) in [5, 5.41) is 1.17. The molecule has 0 saturated carbocycles. The van der Waals surface area contributed by atoms with Crippen molar-refractivity contribution in [2.45, 2.75) is 24.9 Å². The molecule has 2 aliphatic rings. The average molecular weight is 417 g/mol. The fraction of sp³-hybridized carbons (Fsp3) is 0.423. The average Bonchev–Trinajstić information content (AvgIpc) is 3.24. The molecule has 3 aromatic rings. The lowest BCUT2D eigenvalue weighted by Crippen LogP contribution is -2.55. The Hall–Kier alpha value is -2.63. The number of nitrogens with zero attached hydrogens (tertiary/aromatic N) is 4. The van der Waals surface area contributed by atoms with Crippen LogP contribution in [0.3, 0.4) is 0 Å². The van der Waals surface area contributed by atoms with Gasteiger partial charge in [0.2, 0.25) is 5.91 Å². The number of likely N-dealkylation sites (tertiary alicyclic amines) is 1. The maximum absolute atomic E-state index is 13.8. The van der Waals surface area contributed by atoms with Gasteiger partial charge in [-0.2, -0.15) is 0 Å². The van der Waals surface area contributed by atoms with Crippen molar-refractivity contribution < 1.29 is 4.79 Å². The van der Waals surface area contributed by atoms with Gasteiger partial charge in [0.05, 0.1) is 0 Å². The molecule has 162 valence electrons. The number of fused-ring (bicyclic) bond motifs is 1. The minimum Gasteiger partial charge on any atom is -0.338 e. The molecule has 5 rings (SSSR count). The number of piperazine rings is 1. The zero-order valence-corrected chi connectivity index (χ0v) is 18.4. The normalized spacial score (nSPS) is 20.2. The number of hydrogen-bond acceptors (Lipinski definition) is 3. The highest BCUT2D eigenvalue weighted by Gasteiger charge is 2.32. The Kier molecular flexibility index (Phi) is 5.79. The molecule has 1 amide bonds. The minimum atomic E-state index is -0.323. The number of piperidine rings is 1. The number of carbonyl (C=O) groups excluding carboxylic acids is 1. The van der Waals surface area contributed by atoms with Crippen LogP contribution in [0.5, 0.6) is 0 Å². The fourth-order valence-corrected chi connectivity index (χ4v) is 5.23. The molecule has 0 unspecified atom stereocenters. The van der Waals surface area contributed by atoms with Crippen LogP contribution in [0.4, 0.5) is 0 Å². The Morgan fingerprint density at radius 2 is 1.52 bits per heavy atom. The summed E-state index contributed by atoms with van der Waals surface area (Å²) in [4.78, 5) is 21.0. The van der Waals surface area contributed by atoms with Gasteiger partial charge in [0, 0.05) is 43.9 Å². The first kappa shape index (κ1) is 20.3. The lowest BCUT2D eigenvalue weighted by molar-refractivity contribution is -0.135. The quantitative estimate of drug-likeness (QED) is 0.653. The van der Waals surface area contributed by atoms with Crippen molar-refractivity contribution in [3.05, 3.63) is 72.4 Å². The van der Waals surface area contributed by atoms with E-state index in [0.29, 0.717) is 6.04 Å². The van der Waals surface area contributed by atoms with Gasteiger partial charge in [-0.3, -0.25) is 9.69 Å². The lowest BCUT2D eigenvalue weighted by Gasteiger charge is -2.43. The van der Waals surface area contributed by atoms with Gasteiger partial charge < -0.3 is 14.4 Å². The van der Waals surface area contributed by atoms with E-state index in [4.69, 9.17) is 0 Å². The first-order valence-electron chi connectivity index (χ1n) is 11.5. The van der Waals surface area contributed by atoms with Crippen LogP contribution >= 0.6 is 0 Å². The Balaban J connectivity index is 1.36. The summed E-state index contributed by atoms with van der Waals surface area (Å²) >= 11 is 0. The number of carbonyl (C=O) groups is 1. The van der Waals surface area contributed by atoms with Gasteiger partial charge in [-0.1, -0.05) is 48.5 Å². The maximum Gasteiger partial charge on any atom is 0.250 e. The van der Waals surface area contributed by atoms with E-state index in [1.165, 1.54) is 31.3 Å². The first-order chi connectivity index (χ1) is 15.2. The van der Waals surface area contributed by atoms with Gasteiger partial charge >= 0.3 is 0 Å². The highest BCUT2D eigenvalue weighted by Crippen LogP contribution is 2.28. The minimum absolute atomic E-state index is 0.204. The number of rotatable bonds is 4. The fourth-order valence-electron chi connectivity index (χ4n) is 5.23. The first-order valence-corrected chi connectivity index (χ1v) is 11.5. The van der Waals surface area contributed by atoms with Crippen molar-refractivity contribution in [3.63, 3.8) is 0 Å². The van der Waals surface area contributed by atoms with Crippen LogP contribution in [0.15, 0.2) is 66.9 Å². The van der Waals surface area contributed by atoms with Crippen LogP contribution in [0, 0.1) is 0 Å². The molecule has 3 heterocycles.